The minimum absolute atomic E-state index is 0. The van der Waals surface area contributed by atoms with Gasteiger partial charge in [-0.15, -0.1) is 24.8 Å². The van der Waals surface area contributed by atoms with Gasteiger partial charge in [-0.2, -0.15) is 0 Å². The normalized spacial score (nSPS) is 14.0. The lowest BCUT2D eigenvalue weighted by atomic mass is 10.1. The molecule has 22 heavy (non-hydrogen) atoms. The molecule has 1 aromatic carbocycles. The van der Waals surface area contributed by atoms with Crippen LogP contribution in [0.2, 0.25) is 0 Å². The third-order valence-corrected chi connectivity index (χ3v) is 4.57. The van der Waals surface area contributed by atoms with Gasteiger partial charge in [0.2, 0.25) is 0 Å². The lowest BCUT2D eigenvalue weighted by Crippen LogP contribution is -2.12. The molecule has 0 bridgehead atoms. The van der Waals surface area contributed by atoms with E-state index in [0.29, 0.717) is 5.84 Å². The summed E-state index contributed by atoms with van der Waals surface area (Å²) in [6, 6.07) is 8.11. The van der Waals surface area contributed by atoms with E-state index in [9.17, 15) is 0 Å². The van der Waals surface area contributed by atoms with Crippen molar-refractivity contribution < 1.29 is 0 Å². The van der Waals surface area contributed by atoms with E-state index < -0.39 is 0 Å². The Hall–Kier alpha value is -1.30. The number of nitrogens with zero attached hydrogens (tertiary/aromatic N) is 2. The smallest absolute Gasteiger partial charge is 0.125 e. The molecule has 3 rings (SSSR count). The Labute approximate surface area is 147 Å². The summed E-state index contributed by atoms with van der Waals surface area (Å²) in [5.74, 6) is 0.558. The third-order valence-electron chi connectivity index (χ3n) is 3.47. The van der Waals surface area contributed by atoms with Crippen LogP contribution in [0, 0.1) is 0 Å². The van der Waals surface area contributed by atoms with Crippen LogP contribution in [-0.4, -0.2) is 24.4 Å². The molecule has 0 saturated heterocycles. The van der Waals surface area contributed by atoms with E-state index in [4.69, 9.17) is 10.7 Å². The quantitative estimate of drug-likeness (QED) is 0.634. The first-order chi connectivity index (χ1) is 9.78. The number of aromatic nitrogens is 1. The summed E-state index contributed by atoms with van der Waals surface area (Å²) in [6.07, 6.45) is 3.49. The number of thiazole rings is 1. The molecule has 0 atom stereocenters. The number of nitrogens with one attached hydrogen (secondary N) is 1. The van der Waals surface area contributed by atoms with Gasteiger partial charge in [0.1, 0.15) is 15.8 Å². The summed E-state index contributed by atoms with van der Waals surface area (Å²) >= 11 is 1.73. The maximum atomic E-state index is 5.88. The summed E-state index contributed by atoms with van der Waals surface area (Å²) < 4.78 is 0. The Kier molecular flexibility index (Phi) is 7.13. The van der Waals surface area contributed by atoms with Gasteiger partial charge in [-0.25, -0.2) is 4.98 Å². The first kappa shape index (κ1) is 18.7. The van der Waals surface area contributed by atoms with Gasteiger partial charge in [-0.3, -0.25) is 4.99 Å². The minimum atomic E-state index is 0. The Morgan fingerprint density at radius 1 is 1.32 bits per heavy atom. The first-order valence-corrected chi connectivity index (χ1v) is 7.66. The Morgan fingerprint density at radius 2 is 2.14 bits per heavy atom. The number of hydrogen-bond donors (Lipinski definition) is 2. The number of benzene rings is 1. The summed E-state index contributed by atoms with van der Waals surface area (Å²) in [5.41, 5.74) is 9.13. The number of aliphatic imine (C=N–C) groups is 1. The second-order valence-electron chi connectivity index (χ2n) is 4.87. The molecule has 4 nitrogen and oxygen atoms in total. The standard InChI is InChI=1S/C15H18N4S.2ClH/c1-17-13(16)10-5-4-6-11(9-10)14-19-12-7-2-3-8-18-15(12)20-14;;/h4-6,9,18H,2-3,7-8H2,1H3,(H2,16,17);2*1H. The number of halogens is 2. The Morgan fingerprint density at radius 3 is 2.91 bits per heavy atom. The summed E-state index contributed by atoms with van der Waals surface area (Å²) in [5, 5.41) is 5.74. The molecule has 7 heteroatoms. The molecule has 0 amide bonds. The molecule has 1 aromatic heterocycles. The number of amidine groups is 1. The predicted molar refractivity (Wildman–Crippen MR) is 100 cm³/mol. The van der Waals surface area contributed by atoms with Crippen LogP contribution in [0.15, 0.2) is 29.3 Å². The zero-order chi connectivity index (χ0) is 13.9. The number of anilines is 1. The van der Waals surface area contributed by atoms with Crippen LogP contribution < -0.4 is 11.1 Å². The van der Waals surface area contributed by atoms with E-state index in [2.05, 4.69) is 22.4 Å². The monoisotopic (exact) mass is 358 g/mol. The molecule has 120 valence electrons. The van der Waals surface area contributed by atoms with Gasteiger partial charge in [0, 0.05) is 24.7 Å². The topological polar surface area (TPSA) is 63.3 Å². The minimum Gasteiger partial charge on any atom is -0.384 e. The Balaban J connectivity index is 0.00000121. The number of rotatable bonds is 2. The van der Waals surface area contributed by atoms with Crippen LogP contribution in [-0.2, 0) is 6.42 Å². The molecule has 3 N–H and O–H groups in total. The third kappa shape index (κ3) is 3.91. The largest absolute Gasteiger partial charge is 0.384 e. The molecule has 1 aliphatic heterocycles. The molecular formula is C15H20Cl2N4S. The van der Waals surface area contributed by atoms with Crippen molar-refractivity contribution in [2.24, 2.45) is 10.7 Å². The van der Waals surface area contributed by atoms with Crippen molar-refractivity contribution in [1.82, 2.24) is 4.98 Å². The fraction of sp³-hybridized carbons (Fsp3) is 0.333. The maximum Gasteiger partial charge on any atom is 0.125 e. The molecule has 2 aromatic rings. The molecule has 2 heterocycles. The second-order valence-corrected chi connectivity index (χ2v) is 5.87. The molecule has 0 aliphatic carbocycles. The highest BCUT2D eigenvalue weighted by atomic mass is 35.5. The van der Waals surface area contributed by atoms with Crippen LogP contribution in [0.4, 0.5) is 5.00 Å². The van der Waals surface area contributed by atoms with E-state index in [0.717, 1.165) is 29.1 Å². The van der Waals surface area contributed by atoms with Crippen LogP contribution in [0.25, 0.3) is 10.6 Å². The highest BCUT2D eigenvalue weighted by Gasteiger charge is 2.15. The zero-order valence-corrected chi connectivity index (χ0v) is 14.8. The van der Waals surface area contributed by atoms with E-state index >= 15 is 0 Å². The summed E-state index contributed by atoms with van der Waals surface area (Å²) in [4.78, 5) is 8.82. The van der Waals surface area contributed by atoms with Crippen molar-refractivity contribution >= 4 is 47.0 Å². The van der Waals surface area contributed by atoms with Crippen LogP contribution in [0.1, 0.15) is 24.1 Å². The number of fused-ring (bicyclic) bond motifs is 1. The van der Waals surface area contributed by atoms with E-state index in [-0.39, 0.29) is 24.8 Å². The SMILES string of the molecule is CN=C(N)c1cccc(-c2nc3c(s2)NCCCC3)c1.Cl.Cl. The van der Waals surface area contributed by atoms with Gasteiger partial charge < -0.3 is 11.1 Å². The van der Waals surface area contributed by atoms with Gasteiger partial charge in [-0.05, 0) is 25.3 Å². The number of hydrogen-bond acceptors (Lipinski definition) is 4. The fourth-order valence-electron chi connectivity index (χ4n) is 2.34. The highest BCUT2D eigenvalue weighted by molar-refractivity contribution is 7.19. The van der Waals surface area contributed by atoms with Gasteiger partial charge in [0.05, 0.1) is 5.69 Å². The second kappa shape index (κ2) is 8.36. The predicted octanol–water partition coefficient (Wildman–Crippen LogP) is 3.74. The summed E-state index contributed by atoms with van der Waals surface area (Å²) in [6.45, 7) is 1.05. The van der Waals surface area contributed by atoms with Gasteiger partial charge >= 0.3 is 0 Å². The van der Waals surface area contributed by atoms with E-state index in [1.807, 2.05) is 12.1 Å². The van der Waals surface area contributed by atoms with Crippen molar-refractivity contribution in [1.29, 1.82) is 0 Å². The van der Waals surface area contributed by atoms with Crippen LogP contribution in [0.3, 0.4) is 0 Å². The molecular weight excluding hydrogens is 339 g/mol. The van der Waals surface area contributed by atoms with Crippen molar-refractivity contribution in [2.75, 3.05) is 18.9 Å². The fourth-order valence-corrected chi connectivity index (χ4v) is 3.38. The summed E-state index contributed by atoms with van der Waals surface area (Å²) in [7, 11) is 1.71. The van der Waals surface area contributed by atoms with Gasteiger partial charge in [-0.1, -0.05) is 29.5 Å². The average Bonchev–Trinajstić information content (AvgIpc) is 2.78. The molecule has 0 unspecified atom stereocenters. The average molecular weight is 359 g/mol. The van der Waals surface area contributed by atoms with Gasteiger partial charge in [0.15, 0.2) is 0 Å². The first-order valence-electron chi connectivity index (χ1n) is 6.84. The zero-order valence-electron chi connectivity index (χ0n) is 12.3. The van der Waals surface area contributed by atoms with Crippen molar-refractivity contribution in [3.8, 4) is 10.6 Å². The van der Waals surface area contributed by atoms with Crippen molar-refractivity contribution in [2.45, 2.75) is 19.3 Å². The van der Waals surface area contributed by atoms with E-state index in [1.165, 1.54) is 23.5 Å². The lowest BCUT2D eigenvalue weighted by molar-refractivity contribution is 0.775. The van der Waals surface area contributed by atoms with Crippen molar-refractivity contribution in [3.05, 3.63) is 35.5 Å². The highest BCUT2D eigenvalue weighted by Crippen LogP contribution is 2.34. The van der Waals surface area contributed by atoms with Crippen LogP contribution in [0.5, 0.6) is 0 Å². The van der Waals surface area contributed by atoms with E-state index in [1.54, 1.807) is 18.4 Å². The molecule has 1 aliphatic rings. The molecule has 0 fully saturated rings. The Bertz CT molecular complexity index is 631. The maximum absolute atomic E-state index is 5.88. The molecule has 0 spiro atoms. The number of aryl methyl sites for hydroxylation is 1. The molecule has 0 saturated carbocycles. The molecule has 0 radical (unpaired) electrons. The van der Waals surface area contributed by atoms with Crippen molar-refractivity contribution in [3.63, 3.8) is 0 Å². The van der Waals surface area contributed by atoms with Gasteiger partial charge in [0.25, 0.3) is 0 Å². The van der Waals surface area contributed by atoms with Crippen LogP contribution >= 0.6 is 36.2 Å². The lowest BCUT2D eigenvalue weighted by Gasteiger charge is -2.02. The number of nitrogens with two attached hydrogens (primary N) is 1.